The van der Waals surface area contributed by atoms with Crippen LogP contribution in [0.4, 0.5) is 13.2 Å². The van der Waals surface area contributed by atoms with E-state index in [0.29, 0.717) is 6.42 Å². The number of nitrogens with zero attached hydrogens (tertiary/aromatic N) is 1. The fourth-order valence-corrected chi connectivity index (χ4v) is 3.51. The maximum absolute atomic E-state index is 13.5. The summed E-state index contributed by atoms with van der Waals surface area (Å²) in [5, 5.41) is 3.47. The molecule has 0 unspecified atom stereocenters. The smallest absolute Gasteiger partial charge is 0.314 e. The van der Waals surface area contributed by atoms with Crippen LogP contribution in [0.25, 0.3) is 0 Å². The molecule has 0 aliphatic carbocycles. The normalized spacial score (nSPS) is 17.4. The lowest BCUT2D eigenvalue weighted by Crippen LogP contribution is -2.45. The van der Waals surface area contributed by atoms with Gasteiger partial charge in [0.25, 0.3) is 0 Å². The van der Waals surface area contributed by atoms with Crippen LogP contribution in [0.2, 0.25) is 5.02 Å². The van der Waals surface area contributed by atoms with Crippen molar-refractivity contribution in [3.63, 3.8) is 0 Å². The van der Waals surface area contributed by atoms with Gasteiger partial charge in [-0.25, -0.2) is 0 Å². The predicted molar refractivity (Wildman–Crippen MR) is 95.0 cm³/mol. The average molecular weight is 385 g/mol. The Balaban J connectivity index is 0.00000288. The summed E-state index contributed by atoms with van der Waals surface area (Å²) in [6.45, 7) is 5.20. The van der Waals surface area contributed by atoms with Gasteiger partial charge in [0, 0.05) is 42.8 Å². The second-order valence-electron chi connectivity index (χ2n) is 6.00. The molecule has 0 saturated carbocycles. The lowest BCUT2D eigenvalue weighted by Gasteiger charge is -2.37. The van der Waals surface area contributed by atoms with Gasteiger partial charge in [0.2, 0.25) is 0 Å². The van der Waals surface area contributed by atoms with Crippen molar-refractivity contribution in [3.05, 3.63) is 34.3 Å². The zero-order chi connectivity index (χ0) is 16.9. The van der Waals surface area contributed by atoms with E-state index in [9.17, 15) is 13.2 Å². The maximum Gasteiger partial charge on any atom is 0.416 e. The summed E-state index contributed by atoms with van der Waals surface area (Å²) in [6.07, 6.45) is -0.692. The molecule has 0 bridgehead atoms. The first-order valence-electron chi connectivity index (χ1n) is 8.25. The minimum atomic E-state index is -4.38. The minimum Gasteiger partial charge on any atom is -0.314 e. The van der Waals surface area contributed by atoms with Gasteiger partial charge < -0.3 is 5.32 Å². The van der Waals surface area contributed by atoms with Gasteiger partial charge in [0.15, 0.2) is 0 Å². The first-order valence-corrected chi connectivity index (χ1v) is 8.63. The summed E-state index contributed by atoms with van der Waals surface area (Å²) < 4.78 is 40.4. The number of alkyl halides is 3. The van der Waals surface area contributed by atoms with Gasteiger partial charge in [0.1, 0.15) is 0 Å². The molecule has 1 saturated heterocycles. The number of hydrogen-bond acceptors (Lipinski definition) is 2. The molecule has 1 heterocycles. The van der Waals surface area contributed by atoms with E-state index in [2.05, 4.69) is 17.1 Å². The van der Waals surface area contributed by atoms with Crippen LogP contribution in [-0.2, 0) is 6.18 Å². The molecule has 1 fully saturated rings. The lowest BCUT2D eigenvalue weighted by molar-refractivity contribution is -0.138. The Hall–Kier alpha value is -0.490. The van der Waals surface area contributed by atoms with Crippen molar-refractivity contribution in [1.82, 2.24) is 10.2 Å². The monoisotopic (exact) mass is 384 g/mol. The van der Waals surface area contributed by atoms with Gasteiger partial charge >= 0.3 is 6.18 Å². The van der Waals surface area contributed by atoms with Crippen molar-refractivity contribution in [2.45, 2.75) is 44.8 Å². The summed E-state index contributed by atoms with van der Waals surface area (Å²) in [5.74, 6) is 0. The molecule has 2 nitrogen and oxygen atoms in total. The molecule has 1 N–H and O–H groups in total. The lowest BCUT2D eigenvalue weighted by atomic mass is 9.93. The van der Waals surface area contributed by atoms with Gasteiger partial charge in [-0.2, -0.15) is 13.2 Å². The minimum absolute atomic E-state index is 0. The third-order valence-electron chi connectivity index (χ3n) is 4.37. The molecule has 1 atom stereocenters. The van der Waals surface area contributed by atoms with Crippen LogP contribution >= 0.6 is 24.0 Å². The van der Waals surface area contributed by atoms with Crippen molar-refractivity contribution in [2.24, 2.45) is 0 Å². The molecule has 1 aliphatic heterocycles. The predicted octanol–water partition coefficient (Wildman–Crippen LogP) is 5.31. The molecule has 24 heavy (non-hydrogen) atoms. The highest BCUT2D eigenvalue weighted by Gasteiger charge is 2.37. The molecule has 1 aromatic rings. The molecular formula is C17H25Cl2F3N2. The molecule has 7 heteroatoms. The third kappa shape index (κ3) is 5.51. The molecule has 0 spiro atoms. The fraction of sp³-hybridized carbons (Fsp3) is 0.647. The van der Waals surface area contributed by atoms with Gasteiger partial charge in [-0.3, -0.25) is 4.90 Å². The Kier molecular flexibility index (Phi) is 8.85. The zero-order valence-corrected chi connectivity index (χ0v) is 15.4. The quantitative estimate of drug-likeness (QED) is 0.668. The number of hydrogen-bond donors (Lipinski definition) is 1. The number of piperazine rings is 1. The van der Waals surface area contributed by atoms with E-state index in [-0.39, 0.29) is 29.0 Å². The van der Waals surface area contributed by atoms with Crippen LogP contribution in [0.1, 0.15) is 49.8 Å². The number of nitrogens with one attached hydrogen (secondary N) is 1. The molecular weight excluding hydrogens is 360 g/mol. The van der Waals surface area contributed by atoms with Crippen molar-refractivity contribution in [3.8, 4) is 0 Å². The van der Waals surface area contributed by atoms with Crippen molar-refractivity contribution >= 4 is 24.0 Å². The molecule has 0 aromatic heterocycles. The van der Waals surface area contributed by atoms with E-state index in [1.807, 2.05) is 0 Å². The Bertz CT molecular complexity index is 503. The second-order valence-corrected chi connectivity index (χ2v) is 6.40. The van der Waals surface area contributed by atoms with E-state index in [1.54, 1.807) is 6.07 Å². The van der Waals surface area contributed by atoms with Gasteiger partial charge in [-0.1, -0.05) is 43.9 Å². The average Bonchev–Trinajstić information content (AvgIpc) is 2.52. The largest absolute Gasteiger partial charge is 0.416 e. The first kappa shape index (κ1) is 21.6. The molecule has 0 radical (unpaired) electrons. The highest BCUT2D eigenvalue weighted by Crippen LogP contribution is 2.41. The van der Waals surface area contributed by atoms with Crippen LogP contribution in [0, 0.1) is 0 Å². The third-order valence-corrected chi connectivity index (χ3v) is 4.69. The van der Waals surface area contributed by atoms with Crippen molar-refractivity contribution in [1.29, 1.82) is 0 Å². The van der Waals surface area contributed by atoms with Gasteiger partial charge in [-0.15, -0.1) is 12.4 Å². The van der Waals surface area contributed by atoms with E-state index < -0.39 is 11.7 Å². The SMILES string of the molecule is CCCCC[C@@H](c1c(Cl)cccc1C(F)(F)F)N1CCNCC1.Cl. The fourth-order valence-electron chi connectivity index (χ4n) is 3.21. The Morgan fingerprint density at radius 2 is 1.88 bits per heavy atom. The van der Waals surface area contributed by atoms with Crippen LogP contribution in [0.5, 0.6) is 0 Å². The molecule has 2 rings (SSSR count). The number of rotatable bonds is 6. The van der Waals surface area contributed by atoms with Crippen molar-refractivity contribution in [2.75, 3.05) is 26.2 Å². The Morgan fingerprint density at radius 1 is 1.21 bits per heavy atom. The van der Waals surface area contributed by atoms with Crippen LogP contribution < -0.4 is 5.32 Å². The highest BCUT2D eigenvalue weighted by molar-refractivity contribution is 6.31. The summed E-state index contributed by atoms with van der Waals surface area (Å²) >= 11 is 6.22. The first-order chi connectivity index (χ1) is 10.9. The maximum atomic E-state index is 13.5. The van der Waals surface area contributed by atoms with E-state index >= 15 is 0 Å². The van der Waals surface area contributed by atoms with Gasteiger partial charge in [-0.05, 0) is 18.6 Å². The topological polar surface area (TPSA) is 15.3 Å². The Morgan fingerprint density at radius 3 is 2.46 bits per heavy atom. The van der Waals surface area contributed by atoms with E-state index in [0.717, 1.165) is 51.5 Å². The molecule has 138 valence electrons. The van der Waals surface area contributed by atoms with Crippen LogP contribution in [0.15, 0.2) is 18.2 Å². The summed E-state index contributed by atoms with van der Waals surface area (Å²) in [5.41, 5.74) is -0.343. The summed E-state index contributed by atoms with van der Waals surface area (Å²) in [6, 6.07) is 3.83. The summed E-state index contributed by atoms with van der Waals surface area (Å²) in [4.78, 5) is 2.14. The van der Waals surface area contributed by atoms with E-state index in [4.69, 9.17) is 11.6 Å². The number of halogens is 5. The molecule has 1 aromatic carbocycles. The zero-order valence-electron chi connectivity index (χ0n) is 13.8. The van der Waals surface area contributed by atoms with Gasteiger partial charge in [0.05, 0.1) is 5.56 Å². The standard InChI is InChI=1S/C17H24ClF3N2.ClH/c1-2-3-4-8-15(23-11-9-22-10-12-23)16-13(17(19,20)21)6-5-7-14(16)18;/h5-7,15,22H,2-4,8-12H2,1H3;1H/t15-;/m0./s1. The Labute approximate surface area is 153 Å². The molecule has 0 amide bonds. The number of benzene rings is 1. The highest BCUT2D eigenvalue weighted by atomic mass is 35.5. The van der Waals surface area contributed by atoms with Crippen LogP contribution in [0.3, 0.4) is 0 Å². The van der Waals surface area contributed by atoms with Crippen LogP contribution in [-0.4, -0.2) is 31.1 Å². The second kappa shape index (κ2) is 9.85. The summed E-state index contributed by atoms with van der Waals surface area (Å²) in [7, 11) is 0. The number of unbranched alkanes of at least 4 members (excludes halogenated alkanes) is 2. The van der Waals surface area contributed by atoms with E-state index in [1.165, 1.54) is 6.07 Å². The van der Waals surface area contributed by atoms with Crippen molar-refractivity contribution < 1.29 is 13.2 Å². The molecule has 1 aliphatic rings.